The molecule has 1 aromatic heterocycles. The van der Waals surface area contributed by atoms with Crippen molar-refractivity contribution in [1.82, 2.24) is 9.55 Å². The second-order valence-corrected chi connectivity index (χ2v) is 5.90. The standard InChI is InChI=1S/C15H11BrN2OS/c1-9-2-5-11(6-3-9)18-14(19)12-8-10(16)4-7-13(12)17-15(18)20/h2-8H,1H3,(H,17,20). The maximum Gasteiger partial charge on any atom is 0.266 e. The second-order valence-electron chi connectivity index (χ2n) is 4.60. The molecule has 5 heteroatoms. The van der Waals surface area contributed by atoms with E-state index in [0.29, 0.717) is 10.2 Å². The van der Waals surface area contributed by atoms with Gasteiger partial charge in [-0.05, 0) is 49.5 Å². The van der Waals surface area contributed by atoms with Crippen LogP contribution in [-0.4, -0.2) is 9.55 Å². The Kier molecular flexibility index (Phi) is 3.31. The summed E-state index contributed by atoms with van der Waals surface area (Å²) in [6.45, 7) is 2.00. The molecule has 100 valence electrons. The number of halogens is 1. The first kappa shape index (κ1) is 13.3. The lowest BCUT2D eigenvalue weighted by Gasteiger charge is -2.08. The van der Waals surface area contributed by atoms with Crippen LogP contribution in [0.15, 0.2) is 51.7 Å². The average molecular weight is 347 g/mol. The zero-order valence-corrected chi connectivity index (χ0v) is 13.1. The molecule has 3 nitrogen and oxygen atoms in total. The number of nitrogens with zero attached hydrogens (tertiary/aromatic N) is 1. The number of hydrogen-bond donors (Lipinski definition) is 1. The summed E-state index contributed by atoms with van der Waals surface area (Å²) >= 11 is 8.70. The summed E-state index contributed by atoms with van der Waals surface area (Å²) in [5.74, 6) is 0. The van der Waals surface area contributed by atoms with Crippen molar-refractivity contribution in [1.29, 1.82) is 0 Å². The van der Waals surface area contributed by atoms with Gasteiger partial charge in [0.25, 0.3) is 5.56 Å². The van der Waals surface area contributed by atoms with Crippen molar-refractivity contribution in [3.05, 3.63) is 67.6 Å². The van der Waals surface area contributed by atoms with Crippen LogP contribution in [0.2, 0.25) is 0 Å². The molecule has 0 saturated carbocycles. The van der Waals surface area contributed by atoms with E-state index in [9.17, 15) is 4.79 Å². The quantitative estimate of drug-likeness (QED) is 0.673. The molecule has 1 N–H and O–H groups in total. The first-order valence-corrected chi connectivity index (χ1v) is 7.28. The van der Waals surface area contributed by atoms with E-state index in [4.69, 9.17) is 12.2 Å². The highest BCUT2D eigenvalue weighted by Crippen LogP contribution is 2.16. The molecule has 1 heterocycles. The molecule has 0 fully saturated rings. The molecule has 3 rings (SSSR count). The van der Waals surface area contributed by atoms with Gasteiger partial charge in [-0.2, -0.15) is 0 Å². The first-order valence-electron chi connectivity index (χ1n) is 6.08. The highest BCUT2D eigenvalue weighted by atomic mass is 79.9. The number of aryl methyl sites for hydroxylation is 1. The molecule has 20 heavy (non-hydrogen) atoms. The first-order chi connectivity index (χ1) is 9.56. The van der Waals surface area contributed by atoms with E-state index < -0.39 is 0 Å². The molecule has 3 aromatic rings. The van der Waals surface area contributed by atoms with Gasteiger partial charge < -0.3 is 4.98 Å². The maximum absolute atomic E-state index is 12.6. The van der Waals surface area contributed by atoms with Crippen LogP contribution in [-0.2, 0) is 0 Å². The lowest BCUT2D eigenvalue weighted by atomic mass is 10.2. The van der Waals surface area contributed by atoms with Crippen molar-refractivity contribution in [3.8, 4) is 5.69 Å². The van der Waals surface area contributed by atoms with E-state index in [-0.39, 0.29) is 5.56 Å². The minimum Gasteiger partial charge on any atom is -0.331 e. The van der Waals surface area contributed by atoms with Crippen molar-refractivity contribution in [2.45, 2.75) is 6.92 Å². The average Bonchev–Trinajstić information content (AvgIpc) is 2.42. The van der Waals surface area contributed by atoms with Crippen LogP contribution in [0.1, 0.15) is 5.56 Å². The molecule has 0 aliphatic carbocycles. The molecule has 0 amide bonds. The van der Waals surface area contributed by atoms with E-state index >= 15 is 0 Å². The normalized spacial score (nSPS) is 10.9. The molecule has 0 spiro atoms. The minimum atomic E-state index is -0.117. The van der Waals surface area contributed by atoms with E-state index in [2.05, 4.69) is 20.9 Å². The lowest BCUT2D eigenvalue weighted by molar-refractivity contribution is 0.939. The molecule has 2 aromatic carbocycles. The Labute approximate surface area is 129 Å². The predicted molar refractivity (Wildman–Crippen MR) is 87.2 cm³/mol. The van der Waals surface area contributed by atoms with Crippen LogP contribution in [0.5, 0.6) is 0 Å². The molecule has 0 aliphatic heterocycles. The largest absolute Gasteiger partial charge is 0.331 e. The number of aromatic nitrogens is 2. The molecule has 0 atom stereocenters. The van der Waals surface area contributed by atoms with Crippen molar-refractivity contribution in [2.24, 2.45) is 0 Å². The van der Waals surface area contributed by atoms with Crippen LogP contribution in [0.3, 0.4) is 0 Å². The third kappa shape index (κ3) is 2.23. The van der Waals surface area contributed by atoms with Gasteiger partial charge in [0.05, 0.1) is 16.6 Å². The molecule has 0 saturated heterocycles. The zero-order valence-electron chi connectivity index (χ0n) is 10.7. The smallest absolute Gasteiger partial charge is 0.266 e. The Morgan fingerprint density at radius 3 is 2.55 bits per heavy atom. The summed E-state index contributed by atoms with van der Waals surface area (Å²) in [6, 6.07) is 13.2. The minimum absolute atomic E-state index is 0.117. The number of hydrogen-bond acceptors (Lipinski definition) is 2. The predicted octanol–water partition coefficient (Wildman–Crippen LogP) is 4.12. The van der Waals surface area contributed by atoms with Crippen molar-refractivity contribution in [2.75, 3.05) is 0 Å². The van der Waals surface area contributed by atoms with Crippen LogP contribution < -0.4 is 5.56 Å². The van der Waals surface area contributed by atoms with Gasteiger partial charge in [0.15, 0.2) is 4.77 Å². The third-order valence-corrected chi connectivity index (χ3v) is 3.93. The van der Waals surface area contributed by atoms with Crippen molar-refractivity contribution < 1.29 is 0 Å². The number of rotatable bonds is 1. The summed E-state index contributed by atoms with van der Waals surface area (Å²) in [5, 5.41) is 0.605. The third-order valence-electron chi connectivity index (χ3n) is 3.15. The molecule has 0 unspecified atom stereocenters. The number of aromatic amines is 1. The molecule has 0 aliphatic rings. The van der Waals surface area contributed by atoms with Gasteiger partial charge in [-0.1, -0.05) is 33.6 Å². The van der Waals surface area contributed by atoms with Gasteiger partial charge in [0, 0.05) is 4.47 Å². The number of benzene rings is 2. The Morgan fingerprint density at radius 2 is 1.85 bits per heavy atom. The topological polar surface area (TPSA) is 37.8 Å². The van der Waals surface area contributed by atoms with Crippen LogP contribution in [0.4, 0.5) is 0 Å². The highest BCUT2D eigenvalue weighted by molar-refractivity contribution is 9.10. The Balaban J connectivity index is 2.39. The number of nitrogens with one attached hydrogen (secondary N) is 1. The molecular weight excluding hydrogens is 336 g/mol. The molecule has 0 radical (unpaired) electrons. The van der Waals surface area contributed by atoms with Crippen molar-refractivity contribution >= 4 is 39.1 Å². The highest BCUT2D eigenvalue weighted by Gasteiger charge is 2.07. The SMILES string of the molecule is Cc1ccc(-n2c(=S)[nH]c3ccc(Br)cc3c2=O)cc1. The fourth-order valence-corrected chi connectivity index (χ4v) is 2.77. The number of fused-ring (bicyclic) bond motifs is 1. The van der Waals surface area contributed by atoms with Gasteiger partial charge in [-0.3, -0.25) is 9.36 Å². The van der Waals surface area contributed by atoms with Gasteiger partial charge in [-0.15, -0.1) is 0 Å². The van der Waals surface area contributed by atoms with E-state index in [1.165, 1.54) is 4.57 Å². The lowest BCUT2D eigenvalue weighted by Crippen LogP contribution is -2.20. The summed E-state index contributed by atoms with van der Waals surface area (Å²) in [5.41, 5.74) is 2.53. The Bertz CT molecular complexity index is 910. The summed E-state index contributed by atoms with van der Waals surface area (Å²) < 4.78 is 2.78. The van der Waals surface area contributed by atoms with E-state index in [0.717, 1.165) is 21.2 Å². The zero-order chi connectivity index (χ0) is 14.3. The summed E-state index contributed by atoms with van der Waals surface area (Å²) in [4.78, 5) is 15.7. The fourth-order valence-electron chi connectivity index (χ4n) is 2.11. The van der Waals surface area contributed by atoms with Gasteiger partial charge >= 0.3 is 0 Å². The van der Waals surface area contributed by atoms with Gasteiger partial charge in [0.2, 0.25) is 0 Å². The van der Waals surface area contributed by atoms with Gasteiger partial charge in [-0.25, -0.2) is 0 Å². The molecule has 0 bridgehead atoms. The van der Waals surface area contributed by atoms with E-state index in [1.807, 2.05) is 43.3 Å². The Hall–Kier alpha value is -1.72. The summed E-state index contributed by atoms with van der Waals surface area (Å²) in [7, 11) is 0. The molecular formula is C15H11BrN2OS. The number of H-pyrrole nitrogens is 1. The monoisotopic (exact) mass is 346 g/mol. The van der Waals surface area contributed by atoms with Crippen molar-refractivity contribution in [3.63, 3.8) is 0 Å². The maximum atomic E-state index is 12.6. The second kappa shape index (κ2) is 5.00. The van der Waals surface area contributed by atoms with Crippen LogP contribution >= 0.6 is 28.1 Å². The van der Waals surface area contributed by atoms with Crippen LogP contribution in [0.25, 0.3) is 16.6 Å². The Morgan fingerprint density at radius 1 is 1.15 bits per heavy atom. The summed E-state index contributed by atoms with van der Waals surface area (Å²) in [6.07, 6.45) is 0. The van der Waals surface area contributed by atoms with Gasteiger partial charge in [0.1, 0.15) is 0 Å². The van der Waals surface area contributed by atoms with Crippen LogP contribution in [0, 0.1) is 11.7 Å². The fraction of sp³-hybridized carbons (Fsp3) is 0.0667. The van der Waals surface area contributed by atoms with E-state index in [1.54, 1.807) is 6.07 Å².